The van der Waals surface area contributed by atoms with Crippen LogP contribution in [0.2, 0.25) is 0 Å². The highest BCUT2D eigenvalue weighted by Gasteiger charge is 2.23. The average Bonchev–Trinajstić information content (AvgIpc) is 2.62. The van der Waals surface area contributed by atoms with E-state index in [1.807, 2.05) is 12.4 Å². The number of hydrogen-bond donors (Lipinski definition) is 1. The number of likely N-dealkylation sites (N-methyl/N-ethyl adjacent to an activating group) is 1. The molecule has 0 saturated heterocycles. The zero-order valence-electron chi connectivity index (χ0n) is 11.4. The molecule has 2 unspecified atom stereocenters. The van der Waals surface area contributed by atoms with Crippen molar-refractivity contribution >= 4 is 0 Å². The van der Waals surface area contributed by atoms with Gasteiger partial charge in [-0.2, -0.15) is 0 Å². The molecule has 0 spiro atoms. The summed E-state index contributed by atoms with van der Waals surface area (Å²) < 4.78 is 0. The van der Waals surface area contributed by atoms with Crippen molar-refractivity contribution in [1.82, 2.24) is 9.88 Å². The van der Waals surface area contributed by atoms with Gasteiger partial charge < -0.3 is 10.6 Å². The zero-order valence-corrected chi connectivity index (χ0v) is 11.4. The van der Waals surface area contributed by atoms with Crippen LogP contribution in [-0.4, -0.2) is 35.6 Å². The lowest BCUT2D eigenvalue weighted by Gasteiger charge is -2.31. The SMILES string of the molecule is CN(CCc1ccncc1)C1CCCCCC1N. The van der Waals surface area contributed by atoms with E-state index in [0.29, 0.717) is 12.1 Å². The number of nitrogens with zero attached hydrogens (tertiary/aromatic N) is 2. The minimum Gasteiger partial charge on any atom is -0.326 e. The molecule has 2 atom stereocenters. The summed E-state index contributed by atoms with van der Waals surface area (Å²) in [5, 5.41) is 0. The van der Waals surface area contributed by atoms with Crippen LogP contribution in [0.1, 0.15) is 37.7 Å². The van der Waals surface area contributed by atoms with Crippen LogP contribution in [0.3, 0.4) is 0 Å². The van der Waals surface area contributed by atoms with E-state index in [1.54, 1.807) is 0 Å². The van der Waals surface area contributed by atoms with Gasteiger partial charge in [-0.05, 0) is 44.0 Å². The summed E-state index contributed by atoms with van der Waals surface area (Å²) in [5.74, 6) is 0. The second-order valence-corrected chi connectivity index (χ2v) is 5.46. The second kappa shape index (κ2) is 6.86. The zero-order chi connectivity index (χ0) is 12.8. The first-order valence-corrected chi connectivity index (χ1v) is 7.12. The quantitative estimate of drug-likeness (QED) is 0.830. The molecular weight excluding hydrogens is 222 g/mol. The minimum atomic E-state index is 0.356. The average molecular weight is 247 g/mol. The fourth-order valence-corrected chi connectivity index (χ4v) is 2.88. The topological polar surface area (TPSA) is 42.2 Å². The van der Waals surface area contributed by atoms with Crippen LogP contribution in [-0.2, 0) is 6.42 Å². The van der Waals surface area contributed by atoms with Crippen LogP contribution in [0.25, 0.3) is 0 Å². The molecule has 3 heteroatoms. The van der Waals surface area contributed by atoms with E-state index >= 15 is 0 Å². The molecule has 0 amide bonds. The Bertz CT molecular complexity index is 339. The number of aromatic nitrogens is 1. The van der Waals surface area contributed by atoms with Gasteiger partial charge in [-0.15, -0.1) is 0 Å². The highest BCUT2D eigenvalue weighted by Crippen LogP contribution is 2.20. The normalized spacial score (nSPS) is 25.1. The summed E-state index contributed by atoms with van der Waals surface area (Å²) in [4.78, 5) is 6.51. The third-order valence-corrected chi connectivity index (χ3v) is 4.10. The van der Waals surface area contributed by atoms with Crippen molar-refractivity contribution in [2.75, 3.05) is 13.6 Å². The Morgan fingerprint density at radius 1 is 1.22 bits per heavy atom. The minimum absolute atomic E-state index is 0.356. The number of nitrogens with two attached hydrogens (primary N) is 1. The maximum atomic E-state index is 6.30. The Labute approximate surface area is 110 Å². The Balaban J connectivity index is 1.84. The van der Waals surface area contributed by atoms with Gasteiger partial charge in [0.05, 0.1) is 0 Å². The molecule has 1 aliphatic rings. The smallest absolute Gasteiger partial charge is 0.0270 e. The highest BCUT2D eigenvalue weighted by atomic mass is 15.1. The second-order valence-electron chi connectivity index (χ2n) is 5.46. The largest absolute Gasteiger partial charge is 0.326 e. The van der Waals surface area contributed by atoms with Gasteiger partial charge in [0, 0.05) is 31.0 Å². The predicted molar refractivity (Wildman–Crippen MR) is 75.4 cm³/mol. The lowest BCUT2D eigenvalue weighted by atomic mass is 10.0. The van der Waals surface area contributed by atoms with Gasteiger partial charge >= 0.3 is 0 Å². The van der Waals surface area contributed by atoms with E-state index in [2.05, 4.69) is 29.1 Å². The first-order chi connectivity index (χ1) is 8.77. The molecule has 1 saturated carbocycles. The molecule has 100 valence electrons. The molecule has 1 aromatic heterocycles. The van der Waals surface area contributed by atoms with Crippen LogP contribution in [0.15, 0.2) is 24.5 Å². The molecule has 0 aromatic carbocycles. The first kappa shape index (κ1) is 13.5. The van der Waals surface area contributed by atoms with Gasteiger partial charge in [-0.1, -0.05) is 19.3 Å². The van der Waals surface area contributed by atoms with E-state index in [4.69, 9.17) is 5.73 Å². The molecule has 2 N–H and O–H groups in total. The van der Waals surface area contributed by atoms with Crippen molar-refractivity contribution in [3.8, 4) is 0 Å². The molecule has 3 nitrogen and oxygen atoms in total. The summed E-state index contributed by atoms with van der Waals surface area (Å²) in [6.07, 6.45) is 11.2. The fourth-order valence-electron chi connectivity index (χ4n) is 2.88. The van der Waals surface area contributed by atoms with Gasteiger partial charge in [0.2, 0.25) is 0 Å². The summed E-state index contributed by atoms with van der Waals surface area (Å²) in [6, 6.07) is 5.12. The molecule has 0 bridgehead atoms. The fraction of sp³-hybridized carbons (Fsp3) is 0.667. The third-order valence-electron chi connectivity index (χ3n) is 4.10. The molecule has 18 heavy (non-hydrogen) atoms. The number of hydrogen-bond acceptors (Lipinski definition) is 3. The van der Waals surface area contributed by atoms with Crippen molar-refractivity contribution in [3.05, 3.63) is 30.1 Å². The summed E-state index contributed by atoms with van der Waals surface area (Å²) >= 11 is 0. The van der Waals surface area contributed by atoms with Crippen molar-refractivity contribution in [2.24, 2.45) is 5.73 Å². The molecule has 2 rings (SSSR count). The van der Waals surface area contributed by atoms with Crippen LogP contribution < -0.4 is 5.73 Å². The molecule has 1 fully saturated rings. The van der Waals surface area contributed by atoms with E-state index < -0.39 is 0 Å². The van der Waals surface area contributed by atoms with E-state index in [9.17, 15) is 0 Å². The highest BCUT2D eigenvalue weighted by molar-refractivity contribution is 5.10. The van der Waals surface area contributed by atoms with Gasteiger partial charge in [0.15, 0.2) is 0 Å². The summed E-state index contributed by atoms with van der Waals surface area (Å²) in [7, 11) is 2.22. The maximum Gasteiger partial charge on any atom is 0.0270 e. The molecule has 1 heterocycles. The molecule has 0 radical (unpaired) electrons. The van der Waals surface area contributed by atoms with Crippen molar-refractivity contribution in [2.45, 2.75) is 50.6 Å². The Morgan fingerprint density at radius 3 is 2.72 bits per heavy atom. The van der Waals surface area contributed by atoms with Gasteiger partial charge in [0.25, 0.3) is 0 Å². The van der Waals surface area contributed by atoms with Crippen molar-refractivity contribution in [1.29, 1.82) is 0 Å². The molecule has 0 aliphatic heterocycles. The van der Waals surface area contributed by atoms with Gasteiger partial charge in [-0.3, -0.25) is 4.98 Å². The lowest BCUT2D eigenvalue weighted by molar-refractivity contribution is 0.203. The Morgan fingerprint density at radius 2 is 1.94 bits per heavy atom. The third kappa shape index (κ3) is 3.79. The lowest BCUT2D eigenvalue weighted by Crippen LogP contribution is -2.46. The summed E-state index contributed by atoms with van der Waals surface area (Å²) in [5.41, 5.74) is 7.66. The molecule has 1 aliphatic carbocycles. The predicted octanol–water partition coefficient (Wildman–Crippen LogP) is 2.22. The van der Waals surface area contributed by atoms with Gasteiger partial charge in [0.1, 0.15) is 0 Å². The van der Waals surface area contributed by atoms with Crippen molar-refractivity contribution < 1.29 is 0 Å². The first-order valence-electron chi connectivity index (χ1n) is 7.12. The molecule has 1 aromatic rings. The van der Waals surface area contributed by atoms with Crippen LogP contribution in [0.5, 0.6) is 0 Å². The van der Waals surface area contributed by atoms with Crippen molar-refractivity contribution in [3.63, 3.8) is 0 Å². The summed E-state index contributed by atoms with van der Waals surface area (Å²) in [6.45, 7) is 1.09. The number of rotatable bonds is 4. The Kier molecular flexibility index (Phi) is 5.14. The van der Waals surface area contributed by atoms with Crippen LogP contribution in [0, 0.1) is 0 Å². The van der Waals surface area contributed by atoms with E-state index in [1.165, 1.54) is 37.7 Å². The monoisotopic (exact) mass is 247 g/mol. The van der Waals surface area contributed by atoms with E-state index in [0.717, 1.165) is 13.0 Å². The van der Waals surface area contributed by atoms with Crippen LogP contribution in [0.4, 0.5) is 0 Å². The van der Waals surface area contributed by atoms with Gasteiger partial charge in [-0.25, -0.2) is 0 Å². The standard InChI is InChI=1S/C15H25N3/c1-18(12-9-13-7-10-17-11-8-13)15-6-4-2-3-5-14(15)16/h7-8,10-11,14-15H,2-6,9,12,16H2,1H3. The van der Waals surface area contributed by atoms with E-state index in [-0.39, 0.29) is 0 Å². The van der Waals surface area contributed by atoms with Crippen LogP contribution >= 0.6 is 0 Å². The number of pyridine rings is 1. The Hall–Kier alpha value is -0.930. The maximum absolute atomic E-state index is 6.30. The molecular formula is C15H25N3.